The first-order valence-electron chi connectivity index (χ1n) is 9.06. The second-order valence-electron chi connectivity index (χ2n) is 6.84. The molecule has 0 aliphatic carbocycles. The fraction of sp³-hybridized carbons (Fsp3) is 0.238. The fourth-order valence-electron chi connectivity index (χ4n) is 3.23. The van der Waals surface area contributed by atoms with Gasteiger partial charge >= 0.3 is 0 Å². The Morgan fingerprint density at radius 3 is 2.78 bits per heavy atom. The summed E-state index contributed by atoms with van der Waals surface area (Å²) in [4.78, 5) is 5.86. The van der Waals surface area contributed by atoms with Gasteiger partial charge in [-0.25, -0.2) is 4.98 Å². The average molecular weight is 378 g/mol. The second kappa shape index (κ2) is 7.50. The number of nitrogens with one attached hydrogen (secondary N) is 2. The zero-order valence-corrected chi connectivity index (χ0v) is 16.3. The van der Waals surface area contributed by atoms with Crippen LogP contribution in [0.5, 0.6) is 0 Å². The van der Waals surface area contributed by atoms with E-state index in [9.17, 15) is 0 Å². The summed E-state index contributed by atoms with van der Waals surface area (Å²) in [7, 11) is 0. The number of hydrogen-bond donors (Lipinski definition) is 3. The van der Waals surface area contributed by atoms with E-state index in [4.69, 9.17) is 5.73 Å². The smallest absolute Gasteiger partial charge is 0.183 e. The number of rotatable bonds is 6. The monoisotopic (exact) mass is 377 g/mol. The largest absolute Gasteiger partial charge is 0.360 e. The molecule has 6 heteroatoms. The number of aryl methyl sites for hydroxylation is 2. The van der Waals surface area contributed by atoms with Crippen molar-refractivity contribution >= 4 is 27.4 Å². The normalized spacial score (nSPS) is 12.4. The molecule has 2 heterocycles. The maximum Gasteiger partial charge on any atom is 0.183 e. The van der Waals surface area contributed by atoms with Crippen LogP contribution in [0.25, 0.3) is 21.3 Å². The number of nitrogens with zero attached hydrogens (tertiary/aromatic N) is 2. The third kappa shape index (κ3) is 3.86. The van der Waals surface area contributed by atoms with Gasteiger partial charge < -0.3 is 11.1 Å². The Morgan fingerprint density at radius 2 is 1.96 bits per heavy atom. The SMILES string of the molecule is Cc1nc(NC[C@@H](N)Cc2ccccc2)sc1-c1ccc2n[nH]c(C)c2c1. The van der Waals surface area contributed by atoms with Crippen LogP contribution < -0.4 is 11.1 Å². The molecule has 2 aromatic heterocycles. The van der Waals surface area contributed by atoms with Crippen LogP contribution in [-0.4, -0.2) is 27.8 Å². The Kier molecular flexibility index (Phi) is 4.92. The fourth-order valence-corrected chi connectivity index (χ4v) is 4.20. The van der Waals surface area contributed by atoms with Crippen molar-refractivity contribution in [1.29, 1.82) is 0 Å². The van der Waals surface area contributed by atoms with E-state index < -0.39 is 0 Å². The van der Waals surface area contributed by atoms with Crippen molar-refractivity contribution < 1.29 is 0 Å². The van der Waals surface area contributed by atoms with Crippen LogP contribution in [0.4, 0.5) is 5.13 Å². The van der Waals surface area contributed by atoms with Crippen molar-refractivity contribution in [2.75, 3.05) is 11.9 Å². The molecule has 27 heavy (non-hydrogen) atoms. The van der Waals surface area contributed by atoms with Gasteiger partial charge in [0, 0.05) is 23.7 Å². The first-order chi connectivity index (χ1) is 13.1. The molecule has 0 radical (unpaired) electrons. The molecule has 5 nitrogen and oxygen atoms in total. The number of benzene rings is 2. The van der Waals surface area contributed by atoms with Gasteiger partial charge in [0.05, 0.1) is 16.1 Å². The Bertz CT molecular complexity index is 1050. The minimum absolute atomic E-state index is 0.0463. The number of nitrogens with two attached hydrogens (primary N) is 1. The van der Waals surface area contributed by atoms with Crippen molar-refractivity contribution in [3.63, 3.8) is 0 Å². The maximum atomic E-state index is 6.28. The third-order valence-corrected chi connectivity index (χ3v) is 5.82. The predicted octanol–water partition coefficient (Wildman–Crippen LogP) is 4.29. The molecule has 0 amide bonds. The molecule has 0 unspecified atom stereocenters. The van der Waals surface area contributed by atoms with Crippen molar-refractivity contribution in [3.8, 4) is 10.4 Å². The number of hydrogen-bond acceptors (Lipinski definition) is 5. The Hall–Kier alpha value is -2.70. The second-order valence-corrected chi connectivity index (χ2v) is 7.84. The molecular formula is C21H23N5S. The first-order valence-corrected chi connectivity index (χ1v) is 9.87. The summed E-state index contributed by atoms with van der Waals surface area (Å²) in [6.45, 7) is 4.79. The van der Waals surface area contributed by atoms with E-state index in [1.165, 1.54) is 16.0 Å². The number of aromatic nitrogens is 3. The molecule has 0 aliphatic rings. The number of H-pyrrole nitrogens is 1. The Morgan fingerprint density at radius 1 is 1.15 bits per heavy atom. The summed E-state index contributed by atoms with van der Waals surface area (Å²) < 4.78 is 0. The summed E-state index contributed by atoms with van der Waals surface area (Å²) in [6.07, 6.45) is 0.849. The molecule has 0 fully saturated rings. The quantitative estimate of drug-likeness (QED) is 0.468. The molecule has 1 atom stereocenters. The average Bonchev–Trinajstić information content (AvgIpc) is 3.23. The minimum atomic E-state index is 0.0463. The van der Waals surface area contributed by atoms with E-state index in [2.05, 4.69) is 50.8 Å². The van der Waals surface area contributed by atoms with Gasteiger partial charge in [-0.3, -0.25) is 5.10 Å². The molecule has 0 spiro atoms. The molecule has 0 bridgehead atoms. The van der Waals surface area contributed by atoms with E-state index in [1.54, 1.807) is 11.3 Å². The lowest BCUT2D eigenvalue weighted by Crippen LogP contribution is -2.31. The highest BCUT2D eigenvalue weighted by molar-refractivity contribution is 7.19. The highest BCUT2D eigenvalue weighted by Crippen LogP contribution is 2.34. The molecule has 2 aromatic carbocycles. The Balaban J connectivity index is 1.46. The van der Waals surface area contributed by atoms with E-state index in [-0.39, 0.29) is 6.04 Å². The maximum absolute atomic E-state index is 6.28. The summed E-state index contributed by atoms with van der Waals surface area (Å²) in [5.41, 5.74) is 11.8. The van der Waals surface area contributed by atoms with Crippen LogP contribution in [0.15, 0.2) is 48.5 Å². The summed E-state index contributed by atoms with van der Waals surface area (Å²) in [5.74, 6) is 0. The summed E-state index contributed by atoms with van der Waals surface area (Å²) in [5, 5.41) is 12.8. The molecule has 4 N–H and O–H groups in total. The Labute approximate surface area is 162 Å². The van der Waals surface area contributed by atoms with Crippen LogP contribution in [0.3, 0.4) is 0 Å². The van der Waals surface area contributed by atoms with Crippen LogP contribution in [0.1, 0.15) is 17.0 Å². The first kappa shape index (κ1) is 17.7. The van der Waals surface area contributed by atoms with Crippen molar-refractivity contribution in [3.05, 3.63) is 65.5 Å². The molecule has 4 aromatic rings. The molecule has 0 saturated carbocycles. The number of anilines is 1. The summed E-state index contributed by atoms with van der Waals surface area (Å²) in [6, 6.07) is 16.7. The van der Waals surface area contributed by atoms with Gasteiger partial charge in [0.25, 0.3) is 0 Å². The minimum Gasteiger partial charge on any atom is -0.360 e. The lowest BCUT2D eigenvalue weighted by Gasteiger charge is -2.12. The van der Waals surface area contributed by atoms with Crippen molar-refractivity contribution in [2.24, 2.45) is 5.73 Å². The predicted molar refractivity (Wildman–Crippen MR) is 113 cm³/mol. The van der Waals surface area contributed by atoms with Gasteiger partial charge in [0.15, 0.2) is 5.13 Å². The van der Waals surface area contributed by atoms with Crippen LogP contribution >= 0.6 is 11.3 Å². The van der Waals surface area contributed by atoms with Gasteiger partial charge in [-0.15, -0.1) is 0 Å². The molecule has 0 saturated heterocycles. The van der Waals surface area contributed by atoms with Gasteiger partial charge in [-0.2, -0.15) is 5.10 Å². The molecular weight excluding hydrogens is 354 g/mol. The number of thiazole rings is 1. The lowest BCUT2D eigenvalue weighted by molar-refractivity contribution is 0.699. The van der Waals surface area contributed by atoms with E-state index in [0.717, 1.165) is 33.8 Å². The third-order valence-electron chi connectivity index (χ3n) is 4.66. The van der Waals surface area contributed by atoms with Gasteiger partial charge in [0.2, 0.25) is 0 Å². The topological polar surface area (TPSA) is 79.6 Å². The zero-order chi connectivity index (χ0) is 18.8. The number of aromatic amines is 1. The van der Waals surface area contributed by atoms with Gasteiger partial charge in [-0.05, 0) is 43.5 Å². The molecule has 0 aliphatic heterocycles. The van der Waals surface area contributed by atoms with Crippen LogP contribution in [0, 0.1) is 13.8 Å². The highest BCUT2D eigenvalue weighted by atomic mass is 32.1. The zero-order valence-electron chi connectivity index (χ0n) is 15.5. The lowest BCUT2D eigenvalue weighted by atomic mass is 10.1. The standard InChI is InChI=1S/C21H23N5S/c1-13-18-11-16(8-9-19(18)26-25-13)20-14(2)24-21(27-20)23-12-17(22)10-15-6-4-3-5-7-15/h3-9,11,17H,10,12,22H2,1-2H3,(H,23,24)(H,25,26)/t17-/m0/s1. The van der Waals surface area contributed by atoms with E-state index in [0.29, 0.717) is 6.54 Å². The van der Waals surface area contributed by atoms with Crippen molar-refractivity contribution in [2.45, 2.75) is 26.3 Å². The van der Waals surface area contributed by atoms with E-state index in [1.807, 2.05) is 32.0 Å². The van der Waals surface area contributed by atoms with Crippen LogP contribution in [-0.2, 0) is 6.42 Å². The summed E-state index contributed by atoms with van der Waals surface area (Å²) >= 11 is 1.67. The molecule has 138 valence electrons. The van der Waals surface area contributed by atoms with Crippen molar-refractivity contribution in [1.82, 2.24) is 15.2 Å². The van der Waals surface area contributed by atoms with Crippen LogP contribution in [0.2, 0.25) is 0 Å². The number of fused-ring (bicyclic) bond motifs is 1. The van der Waals surface area contributed by atoms with Gasteiger partial charge in [-0.1, -0.05) is 47.7 Å². The van der Waals surface area contributed by atoms with Gasteiger partial charge in [0.1, 0.15) is 0 Å². The molecule has 4 rings (SSSR count). The highest BCUT2D eigenvalue weighted by Gasteiger charge is 2.13. The van der Waals surface area contributed by atoms with E-state index >= 15 is 0 Å².